The largest absolute Gasteiger partial charge is 0.309 e. The summed E-state index contributed by atoms with van der Waals surface area (Å²) in [7, 11) is 1.74. The quantitative estimate of drug-likeness (QED) is 0.883. The lowest BCUT2D eigenvalue weighted by Crippen LogP contribution is -2.19. The third-order valence-corrected chi connectivity index (χ3v) is 3.22. The molecule has 1 unspecified atom stereocenters. The Balaban J connectivity index is 2.53. The molecular weight excluding hydrogens is 244 g/mol. The fourth-order valence-electron chi connectivity index (χ4n) is 2.33. The van der Waals surface area contributed by atoms with E-state index in [1.165, 1.54) is 12.1 Å². The lowest BCUT2D eigenvalue weighted by Gasteiger charge is -2.19. The van der Waals surface area contributed by atoms with E-state index in [1.807, 2.05) is 19.1 Å². The molecule has 0 bridgehead atoms. The van der Waals surface area contributed by atoms with Gasteiger partial charge in [-0.05, 0) is 49.7 Å². The smallest absolute Gasteiger partial charge is 0.131 e. The van der Waals surface area contributed by atoms with Gasteiger partial charge in [-0.15, -0.1) is 0 Å². The van der Waals surface area contributed by atoms with Crippen LogP contribution in [-0.4, -0.2) is 7.05 Å². The van der Waals surface area contributed by atoms with Crippen molar-refractivity contribution in [1.29, 1.82) is 0 Å². The molecule has 0 amide bonds. The highest BCUT2D eigenvalue weighted by Crippen LogP contribution is 2.26. The van der Waals surface area contributed by atoms with Crippen molar-refractivity contribution in [3.63, 3.8) is 0 Å². The second-order valence-electron chi connectivity index (χ2n) is 4.76. The van der Waals surface area contributed by atoms with E-state index in [9.17, 15) is 8.78 Å². The minimum atomic E-state index is -0.353. The first-order valence-corrected chi connectivity index (χ1v) is 6.22. The summed E-state index contributed by atoms with van der Waals surface area (Å²) < 4.78 is 27.7. The zero-order valence-electron chi connectivity index (χ0n) is 11.3. The Morgan fingerprint density at radius 3 is 2.42 bits per heavy atom. The average Bonchev–Trinajstić information content (AvgIpc) is 2.34. The van der Waals surface area contributed by atoms with Crippen molar-refractivity contribution in [2.45, 2.75) is 19.9 Å². The summed E-state index contributed by atoms with van der Waals surface area (Å²) in [4.78, 5) is 0. The summed E-state index contributed by atoms with van der Waals surface area (Å²) in [6.45, 7) is 3.55. The van der Waals surface area contributed by atoms with Crippen molar-refractivity contribution < 1.29 is 8.78 Å². The number of aryl methyl sites for hydroxylation is 2. The number of nitrogens with one attached hydrogen (secondary N) is 1. The lowest BCUT2D eigenvalue weighted by molar-refractivity contribution is 0.565. The molecule has 0 saturated heterocycles. The summed E-state index contributed by atoms with van der Waals surface area (Å²) in [6, 6.07) is 9.68. The van der Waals surface area contributed by atoms with Crippen LogP contribution in [0.3, 0.4) is 0 Å². The minimum Gasteiger partial charge on any atom is -0.309 e. The number of hydrogen-bond acceptors (Lipinski definition) is 1. The van der Waals surface area contributed by atoms with Gasteiger partial charge in [0.15, 0.2) is 0 Å². The summed E-state index contributed by atoms with van der Waals surface area (Å²) in [5.74, 6) is -0.549. The molecule has 2 rings (SSSR count). The van der Waals surface area contributed by atoms with Gasteiger partial charge in [0.05, 0.1) is 6.04 Å². The zero-order valence-corrected chi connectivity index (χ0v) is 11.3. The monoisotopic (exact) mass is 261 g/mol. The molecule has 0 fully saturated rings. The van der Waals surface area contributed by atoms with Crippen LogP contribution in [-0.2, 0) is 0 Å². The van der Waals surface area contributed by atoms with E-state index in [0.29, 0.717) is 11.1 Å². The fraction of sp³-hybridized carbons (Fsp3) is 0.250. The van der Waals surface area contributed by atoms with Crippen LogP contribution < -0.4 is 5.32 Å². The molecule has 3 heteroatoms. The normalized spacial score (nSPS) is 12.5. The molecule has 19 heavy (non-hydrogen) atoms. The standard InChI is InChI=1S/C16H17F2N/c1-10-7-12(9-13(17)8-10)16(19-3)14-6-4-5-11(2)15(14)18/h4-9,16,19H,1-3H3. The van der Waals surface area contributed by atoms with Crippen LogP contribution in [0, 0.1) is 25.5 Å². The van der Waals surface area contributed by atoms with Gasteiger partial charge in [0.25, 0.3) is 0 Å². The van der Waals surface area contributed by atoms with E-state index in [1.54, 1.807) is 26.1 Å². The van der Waals surface area contributed by atoms with E-state index in [2.05, 4.69) is 5.32 Å². The highest BCUT2D eigenvalue weighted by atomic mass is 19.1. The Kier molecular flexibility index (Phi) is 3.96. The number of halogens is 2. The van der Waals surface area contributed by atoms with Gasteiger partial charge in [0.1, 0.15) is 11.6 Å². The van der Waals surface area contributed by atoms with Gasteiger partial charge >= 0.3 is 0 Å². The van der Waals surface area contributed by atoms with Crippen molar-refractivity contribution in [3.05, 3.63) is 70.3 Å². The molecule has 0 aliphatic rings. The van der Waals surface area contributed by atoms with E-state index in [-0.39, 0.29) is 17.7 Å². The number of hydrogen-bond donors (Lipinski definition) is 1. The topological polar surface area (TPSA) is 12.0 Å². The van der Waals surface area contributed by atoms with Crippen molar-refractivity contribution in [2.75, 3.05) is 7.05 Å². The maximum absolute atomic E-state index is 14.2. The Labute approximate surface area is 112 Å². The van der Waals surface area contributed by atoms with Crippen molar-refractivity contribution in [3.8, 4) is 0 Å². The number of benzene rings is 2. The summed E-state index contributed by atoms with van der Waals surface area (Å²) in [5, 5.41) is 3.05. The molecule has 0 aliphatic heterocycles. The Bertz CT molecular complexity index is 573. The molecular formula is C16H17F2N. The van der Waals surface area contributed by atoms with E-state index < -0.39 is 0 Å². The second-order valence-corrected chi connectivity index (χ2v) is 4.76. The molecule has 0 saturated carbocycles. The van der Waals surface area contributed by atoms with Gasteiger partial charge in [-0.2, -0.15) is 0 Å². The van der Waals surface area contributed by atoms with E-state index in [4.69, 9.17) is 0 Å². The van der Waals surface area contributed by atoms with Crippen LogP contribution in [0.4, 0.5) is 8.78 Å². The molecule has 0 radical (unpaired) electrons. The zero-order chi connectivity index (χ0) is 14.0. The summed E-state index contributed by atoms with van der Waals surface area (Å²) in [5.41, 5.74) is 2.67. The first-order chi connectivity index (χ1) is 9.02. The predicted octanol–water partition coefficient (Wildman–Crippen LogP) is 3.89. The van der Waals surface area contributed by atoms with Crippen LogP contribution in [0.5, 0.6) is 0 Å². The lowest BCUT2D eigenvalue weighted by atomic mass is 9.95. The average molecular weight is 261 g/mol. The maximum atomic E-state index is 14.2. The summed E-state index contributed by atoms with van der Waals surface area (Å²) in [6.07, 6.45) is 0. The molecule has 0 heterocycles. The molecule has 1 nitrogen and oxygen atoms in total. The SMILES string of the molecule is CNC(c1cc(C)cc(F)c1)c1cccc(C)c1F. The molecule has 2 aromatic rings. The highest BCUT2D eigenvalue weighted by molar-refractivity contribution is 5.37. The van der Waals surface area contributed by atoms with Gasteiger partial charge in [0, 0.05) is 5.56 Å². The van der Waals surface area contributed by atoms with Crippen LogP contribution >= 0.6 is 0 Å². The highest BCUT2D eigenvalue weighted by Gasteiger charge is 2.18. The Morgan fingerprint density at radius 1 is 1.05 bits per heavy atom. The Morgan fingerprint density at radius 2 is 1.79 bits per heavy atom. The molecule has 2 aromatic carbocycles. The van der Waals surface area contributed by atoms with Crippen LogP contribution in [0.25, 0.3) is 0 Å². The van der Waals surface area contributed by atoms with Gasteiger partial charge in [0.2, 0.25) is 0 Å². The molecule has 0 spiro atoms. The first kappa shape index (κ1) is 13.7. The fourth-order valence-corrected chi connectivity index (χ4v) is 2.33. The van der Waals surface area contributed by atoms with Crippen molar-refractivity contribution in [2.24, 2.45) is 0 Å². The van der Waals surface area contributed by atoms with Crippen LogP contribution in [0.2, 0.25) is 0 Å². The third kappa shape index (κ3) is 2.82. The van der Waals surface area contributed by atoms with Crippen molar-refractivity contribution >= 4 is 0 Å². The van der Waals surface area contributed by atoms with Crippen LogP contribution in [0.1, 0.15) is 28.3 Å². The minimum absolute atomic E-state index is 0.247. The Hall–Kier alpha value is -1.74. The maximum Gasteiger partial charge on any atom is 0.131 e. The van der Waals surface area contributed by atoms with E-state index >= 15 is 0 Å². The van der Waals surface area contributed by atoms with Crippen molar-refractivity contribution in [1.82, 2.24) is 5.32 Å². The predicted molar refractivity (Wildman–Crippen MR) is 73.2 cm³/mol. The summed E-state index contributed by atoms with van der Waals surface area (Å²) >= 11 is 0. The van der Waals surface area contributed by atoms with Gasteiger partial charge in [-0.1, -0.05) is 24.3 Å². The van der Waals surface area contributed by atoms with E-state index in [0.717, 1.165) is 11.1 Å². The van der Waals surface area contributed by atoms with Crippen LogP contribution in [0.15, 0.2) is 36.4 Å². The van der Waals surface area contributed by atoms with Gasteiger partial charge in [-0.3, -0.25) is 0 Å². The molecule has 1 atom stereocenters. The molecule has 0 aromatic heterocycles. The second kappa shape index (κ2) is 5.49. The molecule has 0 aliphatic carbocycles. The van der Waals surface area contributed by atoms with Gasteiger partial charge < -0.3 is 5.32 Å². The first-order valence-electron chi connectivity index (χ1n) is 6.22. The van der Waals surface area contributed by atoms with Gasteiger partial charge in [-0.25, -0.2) is 8.78 Å². The number of rotatable bonds is 3. The molecule has 100 valence electrons. The molecule has 1 N–H and O–H groups in total. The third-order valence-electron chi connectivity index (χ3n) is 3.22.